The zero-order valence-corrected chi connectivity index (χ0v) is 14.8. The molecule has 1 aromatic rings. The molecule has 1 amide bonds. The van der Waals surface area contributed by atoms with Crippen LogP contribution in [0.3, 0.4) is 0 Å². The second kappa shape index (κ2) is 7.97. The van der Waals surface area contributed by atoms with E-state index in [9.17, 15) is 4.79 Å². The Bertz CT molecular complexity index is 563. The van der Waals surface area contributed by atoms with Gasteiger partial charge in [0.25, 0.3) is 0 Å². The fraction of sp³-hybridized carbons (Fsp3) is 0.684. The van der Waals surface area contributed by atoms with Gasteiger partial charge in [-0.25, -0.2) is 0 Å². The van der Waals surface area contributed by atoms with Crippen molar-refractivity contribution in [3.8, 4) is 0 Å². The topological polar surface area (TPSA) is 50.2 Å². The van der Waals surface area contributed by atoms with Crippen molar-refractivity contribution in [2.45, 2.75) is 58.2 Å². The van der Waals surface area contributed by atoms with Crippen molar-refractivity contribution in [1.29, 1.82) is 0 Å². The molecule has 1 aromatic heterocycles. The van der Waals surface area contributed by atoms with Crippen molar-refractivity contribution in [1.82, 2.24) is 20.0 Å². The van der Waals surface area contributed by atoms with Crippen LogP contribution in [0.15, 0.2) is 25.0 Å². The maximum absolute atomic E-state index is 12.3. The summed E-state index contributed by atoms with van der Waals surface area (Å²) in [7, 11) is 0. The quantitative estimate of drug-likeness (QED) is 0.745. The largest absolute Gasteiger partial charge is 0.352 e. The van der Waals surface area contributed by atoms with Crippen LogP contribution in [-0.4, -0.2) is 39.7 Å². The Labute approximate surface area is 145 Å². The molecule has 0 spiro atoms. The molecule has 2 fully saturated rings. The number of carbonyl (C=O) groups excluding carboxylic acids is 1. The highest BCUT2D eigenvalue weighted by Crippen LogP contribution is 2.28. The summed E-state index contributed by atoms with van der Waals surface area (Å²) in [6.45, 7) is 9.66. The predicted molar refractivity (Wildman–Crippen MR) is 95.4 cm³/mol. The van der Waals surface area contributed by atoms with Gasteiger partial charge in [-0.1, -0.05) is 25.8 Å². The first-order valence-corrected chi connectivity index (χ1v) is 9.34. The lowest BCUT2D eigenvalue weighted by Gasteiger charge is -2.27. The highest BCUT2D eigenvalue weighted by Gasteiger charge is 2.35. The number of hydrogen-bond donors (Lipinski definition) is 1. The van der Waals surface area contributed by atoms with E-state index in [0.29, 0.717) is 12.0 Å². The minimum absolute atomic E-state index is 0.276. The van der Waals surface area contributed by atoms with Gasteiger partial charge in [0, 0.05) is 43.4 Å². The first-order chi connectivity index (χ1) is 11.7. The monoisotopic (exact) mass is 330 g/mol. The van der Waals surface area contributed by atoms with E-state index in [0.717, 1.165) is 39.0 Å². The van der Waals surface area contributed by atoms with Gasteiger partial charge < -0.3 is 5.32 Å². The minimum Gasteiger partial charge on any atom is -0.352 e. The molecule has 3 rings (SSSR count). The molecular formula is C19H30N4O. The van der Waals surface area contributed by atoms with Gasteiger partial charge in [-0.15, -0.1) is 6.58 Å². The van der Waals surface area contributed by atoms with Crippen molar-refractivity contribution in [3.05, 3.63) is 30.6 Å². The van der Waals surface area contributed by atoms with Gasteiger partial charge in [0.1, 0.15) is 0 Å². The Hall–Kier alpha value is -1.62. The van der Waals surface area contributed by atoms with E-state index in [1.807, 2.05) is 17.0 Å². The van der Waals surface area contributed by atoms with Gasteiger partial charge >= 0.3 is 0 Å². The first-order valence-electron chi connectivity index (χ1n) is 9.34. The third-order valence-corrected chi connectivity index (χ3v) is 5.39. The van der Waals surface area contributed by atoms with Crippen LogP contribution in [0.2, 0.25) is 0 Å². The molecule has 1 N–H and O–H groups in total. The molecule has 0 radical (unpaired) electrons. The third-order valence-electron chi connectivity index (χ3n) is 5.39. The van der Waals surface area contributed by atoms with Crippen LogP contribution < -0.4 is 5.32 Å². The molecule has 2 atom stereocenters. The maximum atomic E-state index is 12.3. The summed E-state index contributed by atoms with van der Waals surface area (Å²) < 4.78 is 1.91. The lowest BCUT2D eigenvalue weighted by molar-refractivity contribution is -0.128. The fourth-order valence-corrected chi connectivity index (χ4v) is 3.87. The number of aromatic nitrogens is 2. The van der Waals surface area contributed by atoms with E-state index in [2.05, 4.69) is 35.0 Å². The van der Waals surface area contributed by atoms with Gasteiger partial charge in [0.15, 0.2) is 0 Å². The summed E-state index contributed by atoms with van der Waals surface area (Å²) in [6, 6.07) is 0.307. The summed E-state index contributed by atoms with van der Waals surface area (Å²) >= 11 is 0. The molecule has 0 bridgehead atoms. The number of nitrogens with zero attached hydrogens (tertiary/aromatic N) is 3. The molecule has 24 heavy (non-hydrogen) atoms. The standard InChI is InChI=1S/C19H30N4O/c1-3-6-17-13-22(11-15-10-20-23(12-15)9-4-2)14-18(17)21-19(24)16-7-5-8-16/h4,10,12,16-18H,2-3,5-9,11,13-14H2,1H3,(H,21,24)/t17-,18-/m0/s1. The van der Waals surface area contributed by atoms with Gasteiger partial charge in [-0.05, 0) is 25.2 Å². The second-order valence-corrected chi connectivity index (χ2v) is 7.35. The Kier molecular flexibility index (Phi) is 5.72. The molecule has 0 aromatic carbocycles. The van der Waals surface area contributed by atoms with E-state index in [-0.39, 0.29) is 11.8 Å². The van der Waals surface area contributed by atoms with E-state index >= 15 is 0 Å². The van der Waals surface area contributed by atoms with E-state index < -0.39 is 0 Å². The minimum atomic E-state index is 0.276. The molecule has 1 saturated carbocycles. The Morgan fingerprint density at radius 1 is 1.46 bits per heavy atom. The van der Waals surface area contributed by atoms with Crippen molar-refractivity contribution in [3.63, 3.8) is 0 Å². The second-order valence-electron chi connectivity index (χ2n) is 7.35. The molecular weight excluding hydrogens is 300 g/mol. The highest BCUT2D eigenvalue weighted by atomic mass is 16.2. The zero-order chi connectivity index (χ0) is 16.9. The van der Waals surface area contributed by atoms with Crippen molar-refractivity contribution < 1.29 is 4.79 Å². The zero-order valence-electron chi connectivity index (χ0n) is 14.8. The van der Waals surface area contributed by atoms with Gasteiger partial charge in [0.2, 0.25) is 5.91 Å². The molecule has 1 saturated heterocycles. The van der Waals surface area contributed by atoms with Gasteiger partial charge in [-0.2, -0.15) is 5.10 Å². The number of allylic oxidation sites excluding steroid dienone is 1. The summed E-state index contributed by atoms with van der Waals surface area (Å²) in [6.07, 6.45) is 11.6. The molecule has 0 unspecified atom stereocenters. The summed E-state index contributed by atoms with van der Waals surface area (Å²) in [5.74, 6) is 1.13. The summed E-state index contributed by atoms with van der Waals surface area (Å²) in [5.41, 5.74) is 1.23. The van der Waals surface area contributed by atoms with E-state index in [4.69, 9.17) is 0 Å². The molecule has 132 valence electrons. The average Bonchev–Trinajstić information content (AvgIpc) is 3.06. The van der Waals surface area contributed by atoms with E-state index in [1.165, 1.54) is 24.8 Å². The van der Waals surface area contributed by atoms with Crippen LogP contribution >= 0.6 is 0 Å². The smallest absolute Gasteiger partial charge is 0.223 e. The lowest BCUT2D eigenvalue weighted by atomic mass is 9.84. The third kappa shape index (κ3) is 4.07. The van der Waals surface area contributed by atoms with Crippen LogP contribution in [0.5, 0.6) is 0 Å². The average molecular weight is 330 g/mol. The fourth-order valence-electron chi connectivity index (χ4n) is 3.87. The Morgan fingerprint density at radius 3 is 2.96 bits per heavy atom. The number of hydrogen-bond acceptors (Lipinski definition) is 3. The molecule has 1 aliphatic heterocycles. The van der Waals surface area contributed by atoms with E-state index in [1.54, 1.807) is 0 Å². The van der Waals surface area contributed by atoms with Gasteiger partial charge in [0.05, 0.1) is 12.7 Å². The van der Waals surface area contributed by atoms with Crippen molar-refractivity contribution in [2.24, 2.45) is 11.8 Å². The van der Waals surface area contributed by atoms with Crippen LogP contribution in [0.1, 0.15) is 44.6 Å². The number of nitrogens with one attached hydrogen (secondary N) is 1. The maximum Gasteiger partial charge on any atom is 0.223 e. The van der Waals surface area contributed by atoms with Crippen LogP contribution in [0, 0.1) is 11.8 Å². The highest BCUT2D eigenvalue weighted by molar-refractivity contribution is 5.79. The van der Waals surface area contributed by atoms with Gasteiger partial charge in [-0.3, -0.25) is 14.4 Å². The Morgan fingerprint density at radius 2 is 2.29 bits per heavy atom. The molecule has 5 heteroatoms. The lowest BCUT2D eigenvalue weighted by Crippen LogP contribution is -2.44. The van der Waals surface area contributed by atoms with Crippen LogP contribution in [-0.2, 0) is 17.9 Å². The number of rotatable bonds is 8. The molecule has 2 aliphatic rings. The van der Waals surface area contributed by atoms with Crippen molar-refractivity contribution in [2.75, 3.05) is 13.1 Å². The summed E-state index contributed by atoms with van der Waals surface area (Å²) in [5, 5.41) is 7.70. The normalized spacial score (nSPS) is 24.7. The SMILES string of the molecule is C=CCn1cc(CN2C[C@H](CCC)[C@@H](NC(=O)C3CCC3)C2)cn1. The molecule has 5 nitrogen and oxygen atoms in total. The van der Waals surface area contributed by atoms with Crippen LogP contribution in [0.4, 0.5) is 0 Å². The van der Waals surface area contributed by atoms with Crippen LogP contribution in [0.25, 0.3) is 0 Å². The Balaban J connectivity index is 1.56. The van der Waals surface area contributed by atoms with Crippen molar-refractivity contribution >= 4 is 5.91 Å². The number of amides is 1. The number of likely N-dealkylation sites (tertiary alicyclic amines) is 1. The molecule has 2 heterocycles. The first kappa shape index (κ1) is 17.2. The summed E-state index contributed by atoms with van der Waals surface area (Å²) in [4.78, 5) is 14.8. The molecule has 1 aliphatic carbocycles. The predicted octanol–water partition coefficient (Wildman–Crippen LogP) is 2.59. The number of carbonyl (C=O) groups is 1.